The van der Waals surface area contributed by atoms with Gasteiger partial charge in [0.1, 0.15) is 11.5 Å². The van der Waals surface area contributed by atoms with Gasteiger partial charge in [-0.05, 0) is 36.2 Å². The molecule has 0 aliphatic rings. The molecule has 0 aliphatic carbocycles. The van der Waals surface area contributed by atoms with Crippen LogP contribution in [0.2, 0.25) is 0 Å². The van der Waals surface area contributed by atoms with Gasteiger partial charge in [0, 0.05) is 5.39 Å². The molecular formula is C22H18FN3O3S. The summed E-state index contributed by atoms with van der Waals surface area (Å²) in [5, 5.41) is 4.84. The SMILES string of the molecule is CCc1cccc2c(NS(=O)(=O)c3ccccc3)nn(-c3ccccc3F)c(=O)c12. The molecule has 0 aliphatic heterocycles. The number of fused-ring (bicyclic) bond motifs is 1. The van der Waals surface area contributed by atoms with Crippen molar-refractivity contribution in [2.75, 3.05) is 4.72 Å². The second-order valence-corrected chi connectivity index (χ2v) is 8.31. The van der Waals surface area contributed by atoms with Crippen molar-refractivity contribution < 1.29 is 12.8 Å². The van der Waals surface area contributed by atoms with Gasteiger partial charge in [-0.25, -0.2) is 12.8 Å². The average molecular weight is 423 g/mol. The molecule has 1 N–H and O–H groups in total. The van der Waals surface area contributed by atoms with Crippen LogP contribution in [-0.4, -0.2) is 18.2 Å². The molecule has 3 aromatic carbocycles. The van der Waals surface area contributed by atoms with Crippen LogP contribution < -0.4 is 10.3 Å². The van der Waals surface area contributed by atoms with Gasteiger partial charge >= 0.3 is 0 Å². The Morgan fingerprint density at radius 1 is 0.967 bits per heavy atom. The third-order valence-electron chi connectivity index (χ3n) is 4.76. The minimum Gasteiger partial charge on any atom is -0.267 e. The summed E-state index contributed by atoms with van der Waals surface area (Å²) in [6, 6.07) is 18.7. The van der Waals surface area contributed by atoms with E-state index in [1.165, 1.54) is 30.3 Å². The zero-order chi connectivity index (χ0) is 21.3. The normalized spacial score (nSPS) is 11.5. The van der Waals surface area contributed by atoms with Gasteiger partial charge in [0.05, 0.1) is 10.3 Å². The lowest BCUT2D eigenvalue weighted by molar-refractivity contribution is 0.600. The second kappa shape index (κ2) is 7.72. The smallest absolute Gasteiger partial charge is 0.267 e. The fourth-order valence-electron chi connectivity index (χ4n) is 3.30. The molecule has 0 saturated heterocycles. The topological polar surface area (TPSA) is 81.1 Å². The number of aromatic nitrogens is 2. The highest BCUT2D eigenvalue weighted by atomic mass is 32.2. The molecule has 1 aromatic heterocycles. The summed E-state index contributed by atoms with van der Waals surface area (Å²) in [7, 11) is -3.97. The Morgan fingerprint density at radius 2 is 1.67 bits per heavy atom. The van der Waals surface area contributed by atoms with Gasteiger partial charge < -0.3 is 0 Å². The molecule has 0 unspecified atom stereocenters. The molecule has 6 nitrogen and oxygen atoms in total. The highest BCUT2D eigenvalue weighted by Gasteiger charge is 2.21. The highest BCUT2D eigenvalue weighted by molar-refractivity contribution is 7.92. The van der Waals surface area contributed by atoms with E-state index in [0.29, 0.717) is 22.8 Å². The van der Waals surface area contributed by atoms with E-state index in [9.17, 15) is 17.6 Å². The maximum atomic E-state index is 14.4. The van der Waals surface area contributed by atoms with Gasteiger partial charge in [0.15, 0.2) is 5.82 Å². The van der Waals surface area contributed by atoms with Crippen LogP contribution in [0.25, 0.3) is 16.5 Å². The first-order chi connectivity index (χ1) is 14.4. The molecule has 1 heterocycles. The Bertz CT molecular complexity index is 1400. The molecule has 8 heteroatoms. The second-order valence-electron chi connectivity index (χ2n) is 6.63. The van der Waals surface area contributed by atoms with Crippen molar-refractivity contribution in [3.63, 3.8) is 0 Å². The summed E-state index contributed by atoms with van der Waals surface area (Å²) >= 11 is 0. The number of hydrogen-bond donors (Lipinski definition) is 1. The Morgan fingerprint density at radius 3 is 2.37 bits per heavy atom. The van der Waals surface area contributed by atoms with Crippen LogP contribution in [0.15, 0.2) is 82.5 Å². The van der Waals surface area contributed by atoms with E-state index in [4.69, 9.17) is 0 Å². The van der Waals surface area contributed by atoms with Crippen LogP contribution in [0.5, 0.6) is 0 Å². The number of nitrogens with one attached hydrogen (secondary N) is 1. The van der Waals surface area contributed by atoms with E-state index < -0.39 is 21.4 Å². The number of anilines is 1. The molecule has 0 saturated carbocycles. The van der Waals surface area contributed by atoms with E-state index in [1.807, 2.05) is 6.92 Å². The van der Waals surface area contributed by atoms with Gasteiger partial charge in [-0.1, -0.05) is 55.5 Å². The summed E-state index contributed by atoms with van der Waals surface area (Å²) in [6.07, 6.45) is 0.540. The zero-order valence-corrected chi connectivity index (χ0v) is 16.9. The first-order valence-electron chi connectivity index (χ1n) is 9.30. The third kappa shape index (κ3) is 3.46. The minimum atomic E-state index is -3.97. The number of para-hydroxylation sites is 1. The van der Waals surface area contributed by atoms with Crippen LogP contribution >= 0.6 is 0 Å². The predicted octanol–water partition coefficient (Wildman–Crippen LogP) is 3.89. The quantitative estimate of drug-likeness (QED) is 0.528. The van der Waals surface area contributed by atoms with Gasteiger partial charge in [0.2, 0.25) is 0 Å². The molecule has 152 valence electrons. The number of aryl methyl sites for hydroxylation is 1. The summed E-state index contributed by atoms with van der Waals surface area (Å²) in [5.41, 5.74) is 0.135. The Kier molecular flexibility index (Phi) is 5.09. The highest BCUT2D eigenvalue weighted by Crippen LogP contribution is 2.25. The number of sulfonamides is 1. The number of hydrogen-bond acceptors (Lipinski definition) is 4. The van der Waals surface area contributed by atoms with Crippen LogP contribution in [-0.2, 0) is 16.4 Å². The van der Waals surface area contributed by atoms with E-state index in [1.54, 1.807) is 42.5 Å². The molecule has 0 fully saturated rings. The predicted molar refractivity (Wildman–Crippen MR) is 114 cm³/mol. The van der Waals surface area contributed by atoms with Crippen LogP contribution in [0, 0.1) is 5.82 Å². The Balaban J connectivity index is 2.01. The molecule has 30 heavy (non-hydrogen) atoms. The maximum Gasteiger partial charge on any atom is 0.279 e. The van der Waals surface area contributed by atoms with Crippen LogP contribution in [0.3, 0.4) is 0 Å². The first kappa shape index (κ1) is 19.8. The molecule has 0 spiro atoms. The summed E-state index contributed by atoms with van der Waals surface area (Å²) < 4.78 is 43.6. The Labute approximate surface area is 172 Å². The summed E-state index contributed by atoms with van der Waals surface area (Å²) in [6.45, 7) is 1.88. The lowest BCUT2D eigenvalue weighted by atomic mass is 10.0. The van der Waals surface area contributed by atoms with Crippen molar-refractivity contribution in [1.29, 1.82) is 0 Å². The van der Waals surface area contributed by atoms with Crippen LogP contribution in [0.4, 0.5) is 10.2 Å². The lowest BCUT2D eigenvalue weighted by Crippen LogP contribution is -2.26. The van der Waals surface area contributed by atoms with Crippen molar-refractivity contribution in [3.8, 4) is 5.69 Å². The summed E-state index contributed by atoms with van der Waals surface area (Å²) in [4.78, 5) is 13.3. The number of halogens is 1. The number of nitrogens with zero attached hydrogens (tertiary/aromatic N) is 2. The summed E-state index contributed by atoms with van der Waals surface area (Å²) in [5.74, 6) is -0.690. The molecular weight excluding hydrogens is 405 g/mol. The van der Waals surface area contributed by atoms with E-state index in [2.05, 4.69) is 9.82 Å². The van der Waals surface area contributed by atoms with Crippen molar-refractivity contribution in [2.45, 2.75) is 18.2 Å². The number of rotatable bonds is 5. The molecule has 0 bridgehead atoms. The average Bonchev–Trinajstić information content (AvgIpc) is 2.76. The monoisotopic (exact) mass is 423 g/mol. The standard InChI is InChI=1S/C22H18FN3O3S/c1-2-15-9-8-12-17-20(15)22(27)26(19-14-7-6-13-18(19)23)24-21(17)25-30(28,29)16-10-4-3-5-11-16/h3-14H,2H2,1H3,(H,24,25). The molecule has 4 aromatic rings. The molecule has 0 atom stereocenters. The minimum absolute atomic E-state index is 0.0491. The zero-order valence-electron chi connectivity index (χ0n) is 16.0. The first-order valence-corrected chi connectivity index (χ1v) is 10.8. The fraction of sp³-hybridized carbons (Fsp3) is 0.0909. The molecule has 0 amide bonds. The van der Waals surface area contributed by atoms with Crippen molar-refractivity contribution >= 4 is 26.6 Å². The number of benzene rings is 3. The van der Waals surface area contributed by atoms with Gasteiger partial charge in [-0.2, -0.15) is 4.68 Å². The largest absolute Gasteiger partial charge is 0.279 e. The molecule has 0 radical (unpaired) electrons. The van der Waals surface area contributed by atoms with E-state index >= 15 is 0 Å². The van der Waals surface area contributed by atoms with Crippen molar-refractivity contribution in [1.82, 2.24) is 9.78 Å². The van der Waals surface area contributed by atoms with E-state index in [0.717, 1.165) is 4.68 Å². The van der Waals surface area contributed by atoms with Gasteiger partial charge in [0.25, 0.3) is 15.6 Å². The maximum absolute atomic E-state index is 14.4. The van der Waals surface area contributed by atoms with Gasteiger partial charge in [-0.3, -0.25) is 9.52 Å². The van der Waals surface area contributed by atoms with Gasteiger partial charge in [-0.15, -0.1) is 5.10 Å². The Hall–Kier alpha value is -3.52. The van der Waals surface area contributed by atoms with Crippen LogP contribution in [0.1, 0.15) is 12.5 Å². The van der Waals surface area contributed by atoms with Crippen molar-refractivity contribution in [2.24, 2.45) is 0 Å². The van der Waals surface area contributed by atoms with Crippen molar-refractivity contribution in [3.05, 3.63) is 94.5 Å². The lowest BCUT2D eigenvalue weighted by Gasteiger charge is -2.15. The molecule has 4 rings (SSSR count). The third-order valence-corrected chi connectivity index (χ3v) is 6.11. The van der Waals surface area contributed by atoms with E-state index in [-0.39, 0.29) is 16.4 Å². The fourth-order valence-corrected chi connectivity index (χ4v) is 4.34.